The number of aromatic nitrogens is 1. The molecular formula is C37H43F4N2O8S2+. The number of aryl methyl sites for hydroxylation is 1. The monoisotopic (exact) mass is 783 g/mol. The second kappa shape index (κ2) is 17.8. The summed E-state index contributed by atoms with van der Waals surface area (Å²) in [6, 6.07) is 9.47. The van der Waals surface area contributed by atoms with Gasteiger partial charge in [0.05, 0.1) is 22.6 Å². The number of para-hydroxylation sites is 1. The molecule has 3 N–H and O–H groups in total. The third kappa shape index (κ3) is 10.7. The predicted octanol–water partition coefficient (Wildman–Crippen LogP) is 7.29. The zero-order chi connectivity index (χ0) is 39.0. The number of unbranched alkanes of at least 4 members (excludes halogenated alkanes) is 4. The third-order valence-corrected chi connectivity index (χ3v) is 10.9. The van der Waals surface area contributed by atoms with E-state index in [9.17, 15) is 35.0 Å². The molecule has 3 aromatic rings. The molecule has 4 rings (SSSR count). The Labute approximate surface area is 306 Å². The zero-order valence-electron chi connectivity index (χ0n) is 29.1. The van der Waals surface area contributed by atoms with Gasteiger partial charge >= 0.3 is 5.97 Å². The zero-order valence-corrected chi connectivity index (χ0v) is 30.8. The van der Waals surface area contributed by atoms with E-state index in [1.807, 2.05) is 47.2 Å². The van der Waals surface area contributed by atoms with Crippen molar-refractivity contribution in [1.29, 1.82) is 0 Å². The van der Waals surface area contributed by atoms with E-state index in [4.69, 9.17) is 9.66 Å². The Kier molecular flexibility index (Phi) is 14.0. The summed E-state index contributed by atoms with van der Waals surface area (Å²) < 4.78 is 126. The average Bonchev–Trinajstić information content (AvgIpc) is 3.33. The van der Waals surface area contributed by atoms with Crippen molar-refractivity contribution in [3.63, 3.8) is 0 Å². The van der Waals surface area contributed by atoms with Gasteiger partial charge in [-0.2, -0.15) is 21.4 Å². The van der Waals surface area contributed by atoms with E-state index in [1.54, 1.807) is 24.3 Å². The molecule has 0 amide bonds. The van der Waals surface area contributed by atoms with Crippen LogP contribution in [0.2, 0.25) is 0 Å². The number of halogens is 4. The van der Waals surface area contributed by atoms with E-state index in [2.05, 4.69) is 0 Å². The number of benzene rings is 2. The molecular weight excluding hydrogens is 741 g/mol. The van der Waals surface area contributed by atoms with Crippen molar-refractivity contribution in [2.24, 2.45) is 0 Å². The Morgan fingerprint density at radius 3 is 2.15 bits per heavy atom. The van der Waals surface area contributed by atoms with Gasteiger partial charge in [-0.3, -0.25) is 13.9 Å². The van der Waals surface area contributed by atoms with E-state index >= 15 is 8.78 Å². The largest absolute Gasteiger partial charge is 0.481 e. The van der Waals surface area contributed by atoms with Crippen molar-refractivity contribution < 1.29 is 58.0 Å². The minimum Gasteiger partial charge on any atom is -0.481 e. The number of carbonyl (C=O) groups is 1. The molecule has 0 radical (unpaired) electrons. The smallest absolute Gasteiger partial charge is 0.303 e. The van der Waals surface area contributed by atoms with Crippen molar-refractivity contribution in [2.75, 3.05) is 23.0 Å². The number of anilines is 1. The van der Waals surface area contributed by atoms with Crippen LogP contribution in [0.4, 0.5) is 23.2 Å². The molecule has 0 saturated carbocycles. The lowest BCUT2D eigenvalue weighted by Gasteiger charge is -2.30. The van der Waals surface area contributed by atoms with E-state index in [-0.39, 0.29) is 38.0 Å². The fourth-order valence-electron chi connectivity index (χ4n) is 6.75. The third-order valence-electron chi connectivity index (χ3n) is 9.28. The predicted molar refractivity (Wildman–Crippen MR) is 193 cm³/mol. The molecule has 16 heteroatoms. The van der Waals surface area contributed by atoms with Crippen molar-refractivity contribution in [2.45, 2.75) is 76.7 Å². The Bertz CT molecular complexity index is 2140. The molecule has 53 heavy (non-hydrogen) atoms. The number of rotatable bonds is 19. The summed E-state index contributed by atoms with van der Waals surface area (Å²) in [5.74, 6) is -8.98. The summed E-state index contributed by atoms with van der Waals surface area (Å²) in [6.07, 6.45) is 12.1. The first kappa shape index (κ1) is 41.6. The van der Waals surface area contributed by atoms with Crippen molar-refractivity contribution >= 4 is 48.9 Å². The molecule has 0 bridgehead atoms. The number of hydrogen-bond donors (Lipinski definition) is 3. The maximum Gasteiger partial charge on any atom is 0.303 e. The lowest BCUT2D eigenvalue weighted by atomic mass is 9.76. The molecule has 1 unspecified atom stereocenters. The molecule has 1 aliphatic rings. The van der Waals surface area contributed by atoms with Gasteiger partial charge in [0.15, 0.2) is 29.5 Å². The van der Waals surface area contributed by atoms with Crippen molar-refractivity contribution in [1.82, 2.24) is 0 Å². The number of carboxylic acids is 1. The number of nitrogens with zero attached hydrogens (tertiary/aromatic N) is 2. The summed E-state index contributed by atoms with van der Waals surface area (Å²) in [7, 11) is -8.34. The molecule has 10 nitrogen and oxygen atoms in total. The fourth-order valence-corrected chi connectivity index (χ4v) is 7.89. The van der Waals surface area contributed by atoms with E-state index in [1.165, 1.54) is 11.8 Å². The van der Waals surface area contributed by atoms with E-state index in [0.717, 1.165) is 16.5 Å². The van der Waals surface area contributed by atoms with Crippen LogP contribution in [-0.4, -0.2) is 55.1 Å². The molecule has 0 fully saturated rings. The highest BCUT2D eigenvalue weighted by Crippen LogP contribution is 2.53. The molecule has 1 aliphatic heterocycles. The molecule has 0 saturated heterocycles. The van der Waals surface area contributed by atoms with Gasteiger partial charge in [-0.1, -0.05) is 49.3 Å². The van der Waals surface area contributed by atoms with Gasteiger partial charge < -0.3 is 10.0 Å². The van der Waals surface area contributed by atoms with Gasteiger partial charge in [0.1, 0.15) is 6.54 Å². The Balaban J connectivity index is 1.67. The number of carboxylic acid groups (broad SMARTS) is 1. The SMILES string of the molecule is CC1(CCCCS(=O)(=O)O)\C(=C/C=C/C=C/c2cc[n+](CCCCS(=O)(=O)O)c3ccccc23)N(CCCCCC(=O)O)c2c(F)c(F)c(F)c(F)c21. The Morgan fingerprint density at radius 2 is 1.47 bits per heavy atom. The lowest BCUT2D eigenvalue weighted by molar-refractivity contribution is -0.671. The van der Waals surface area contributed by atoms with Crippen LogP contribution in [0.5, 0.6) is 0 Å². The first-order valence-corrected chi connectivity index (χ1v) is 20.4. The Morgan fingerprint density at radius 1 is 0.811 bits per heavy atom. The van der Waals surface area contributed by atoms with Gasteiger partial charge in [0.2, 0.25) is 5.52 Å². The topological polar surface area (TPSA) is 153 Å². The number of fused-ring (bicyclic) bond motifs is 2. The normalized spacial score (nSPS) is 17.2. The maximum absolute atomic E-state index is 15.6. The summed E-state index contributed by atoms with van der Waals surface area (Å²) in [4.78, 5) is 12.4. The van der Waals surface area contributed by atoms with Crippen LogP contribution in [-0.2, 0) is 37.0 Å². The molecule has 0 aliphatic carbocycles. The summed E-state index contributed by atoms with van der Waals surface area (Å²) in [5, 5.41) is 9.91. The van der Waals surface area contributed by atoms with Crippen LogP contribution < -0.4 is 9.47 Å². The lowest BCUT2D eigenvalue weighted by Crippen LogP contribution is -2.34. The average molecular weight is 784 g/mol. The van der Waals surface area contributed by atoms with Crippen LogP contribution in [0, 0.1) is 23.3 Å². The van der Waals surface area contributed by atoms with Crippen LogP contribution in [0.3, 0.4) is 0 Å². The number of allylic oxidation sites excluding steroid dienone is 5. The number of aliphatic carboxylic acids is 1. The highest BCUT2D eigenvalue weighted by molar-refractivity contribution is 7.86. The minimum atomic E-state index is -4.30. The molecule has 1 atom stereocenters. The highest BCUT2D eigenvalue weighted by atomic mass is 32.2. The van der Waals surface area contributed by atoms with Gasteiger partial charge in [0, 0.05) is 48.2 Å². The molecule has 0 spiro atoms. The van der Waals surface area contributed by atoms with Crippen LogP contribution in [0.1, 0.15) is 75.8 Å². The first-order chi connectivity index (χ1) is 24.9. The minimum absolute atomic E-state index is 0.00615. The molecule has 2 aromatic carbocycles. The van der Waals surface area contributed by atoms with Crippen LogP contribution in [0.25, 0.3) is 17.0 Å². The number of pyridine rings is 1. The summed E-state index contributed by atoms with van der Waals surface area (Å²) in [5.41, 5.74) is -0.304. The second-order valence-electron chi connectivity index (χ2n) is 13.2. The Hall–Kier alpha value is -4.12. The highest BCUT2D eigenvalue weighted by Gasteiger charge is 2.48. The van der Waals surface area contributed by atoms with Crippen molar-refractivity contribution in [3.8, 4) is 0 Å². The molecule has 2 heterocycles. The fraction of sp³-hybridized carbons (Fsp3) is 0.405. The number of hydrogen-bond acceptors (Lipinski definition) is 6. The van der Waals surface area contributed by atoms with Crippen molar-refractivity contribution in [3.05, 3.63) is 101 Å². The second-order valence-corrected chi connectivity index (χ2v) is 16.3. The standard InChI is InChI=1S/C37H42F4N2O8S2/c1-37(20-9-12-24-52(46,47)48)29(43(22-10-3-6-18-30(44)45)36-31(37)32(38)33(39)34(40)35(36)41)17-5-2-4-14-26-19-23-42(21-11-13-25-53(49,50)51)28-16-8-7-15-27(26)28/h2,4-5,7-8,14-17,19,23H,3,6,9-13,18,20-22,24-25H2,1H3,(H2-,44,45,46,47,48,49,50,51)/p+1. The summed E-state index contributed by atoms with van der Waals surface area (Å²) in [6.45, 7) is 2.08. The van der Waals surface area contributed by atoms with E-state index < -0.39 is 71.9 Å². The van der Waals surface area contributed by atoms with Crippen LogP contribution in [0.15, 0.2) is 66.5 Å². The van der Waals surface area contributed by atoms with Gasteiger partial charge in [-0.15, -0.1) is 0 Å². The van der Waals surface area contributed by atoms with Gasteiger partial charge in [-0.25, -0.2) is 17.6 Å². The maximum atomic E-state index is 15.6. The first-order valence-electron chi connectivity index (χ1n) is 17.2. The molecule has 1 aromatic heterocycles. The molecule has 288 valence electrons. The van der Waals surface area contributed by atoms with E-state index in [0.29, 0.717) is 44.3 Å². The quantitative estimate of drug-likeness (QED) is 0.0217. The van der Waals surface area contributed by atoms with Crippen LogP contribution >= 0.6 is 0 Å². The van der Waals surface area contributed by atoms with Gasteiger partial charge in [0.25, 0.3) is 20.2 Å². The summed E-state index contributed by atoms with van der Waals surface area (Å²) >= 11 is 0. The van der Waals surface area contributed by atoms with Gasteiger partial charge in [-0.05, 0) is 56.7 Å².